The lowest BCUT2D eigenvalue weighted by Crippen LogP contribution is -2.29. The lowest BCUT2D eigenvalue weighted by Gasteiger charge is -2.09. The summed E-state index contributed by atoms with van der Waals surface area (Å²) in [6, 6.07) is 0.438. The Hall–Kier alpha value is -0.710. The quantitative estimate of drug-likeness (QED) is 0.735. The van der Waals surface area contributed by atoms with Crippen LogP contribution in [0.1, 0.15) is 32.6 Å². The van der Waals surface area contributed by atoms with E-state index in [1.807, 2.05) is 0 Å². The number of nitrogens with one attached hydrogen (secondary N) is 1. The Morgan fingerprint density at radius 2 is 2.31 bits per heavy atom. The minimum Gasteiger partial charge on any atom is -0.456 e. The molecule has 0 spiro atoms. The highest BCUT2D eigenvalue weighted by atomic mass is 19.3. The van der Waals surface area contributed by atoms with Gasteiger partial charge in [0.15, 0.2) is 0 Å². The molecule has 1 saturated heterocycles. The molecule has 1 N–H and O–H groups in total. The van der Waals surface area contributed by atoms with Gasteiger partial charge in [-0.1, -0.05) is 13.3 Å². The molecule has 2 aliphatic rings. The predicted octanol–water partition coefficient (Wildman–Crippen LogP) is 1.72. The Labute approximate surface area is 93.5 Å². The third-order valence-corrected chi connectivity index (χ3v) is 3.25. The van der Waals surface area contributed by atoms with E-state index in [2.05, 4.69) is 17.0 Å². The number of carbonyl (C=O) groups is 1. The van der Waals surface area contributed by atoms with Gasteiger partial charge in [0.1, 0.15) is 6.10 Å². The molecule has 0 radical (unpaired) electrons. The minimum atomic E-state index is -3.28. The first-order valence-corrected chi connectivity index (χ1v) is 5.85. The molecule has 1 aliphatic carbocycles. The average molecular weight is 233 g/mol. The van der Waals surface area contributed by atoms with E-state index in [9.17, 15) is 13.6 Å². The van der Waals surface area contributed by atoms with Crippen LogP contribution in [0.2, 0.25) is 0 Å². The molecule has 1 aliphatic heterocycles. The van der Waals surface area contributed by atoms with Crippen LogP contribution >= 0.6 is 0 Å². The molecule has 5 heteroatoms. The Bertz CT molecular complexity index is 283. The maximum atomic E-state index is 12.8. The molecule has 3 atom stereocenters. The Morgan fingerprint density at radius 1 is 1.56 bits per heavy atom. The first-order valence-electron chi connectivity index (χ1n) is 5.85. The normalized spacial score (nSPS) is 36.2. The minimum absolute atomic E-state index is 0.353. The van der Waals surface area contributed by atoms with Crippen molar-refractivity contribution in [3.05, 3.63) is 0 Å². The Kier molecular flexibility index (Phi) is 3.15. The summed E-state index contributed by atoms with van der Waals surface area (Å²) in [6.07, 6.45) is 2.30. The number of alkyl halides is 2. The second-order valence-corrected chi connectivity index (χ2v) is 4.74. The highest BCUT2D eigenvalue weighted by Crippen LogP contribution is 2.35. The lowest BCUT2D eigenvalue weighted by atomic mass is 10.2. The molecule has 92 valence electrons. The van der Waals surface area contributed by atoms with Gasteiger partial charge in [-0.3, -0.25) is 0 Å². The van der Waals surface area contributed by atoms with Gasteiger partial charge in [-0.25, -0.2) is 4.79 Å². The Balaban J connectivity index is 1.67. The van der Waals surface area contributed by atoms with Crippen LogP contribution in [0.15, 0.2) is 0 Å². The summed E-state index contributed by atoms with van der Waals surface area (Å²) in [5.41, 5.74) is 0. The van der Waals surface area contributed by atoms with Gasteiger partial charge in [0.05, 0.1) is 6.42 Å². The third-order valence-electron chi connectivity index (χ3n) is 3.25. The summed E-state index contributed by atoms with van der Waals surface area (Å²) in [7, 11) is 0. The molecule has 0 amide bonds. The monoisotopic (exact) mass is 233 g/mol. The molecule has 2 rings (SSSR count). The van der Waals surface area contributed by atoms with E-state index < -0.39 is 24.4 Å². The van der Waals surface area contributed by atoms with Gasteiger partial charge >= 0.3 is 11.9 Å². The fraction of sp³-hybridized carbons (Fsp3) is 0.909. The first-order chi connectivity index (χ1) is 7.53. The summed E-state index contributed by atoms with van der Waals surface area (Å²) in [6.45, 7) is 2.49. The fourth-order valence-electron chi connectivity index (χ4n) is 2.23. The number of carbonyl (C=O) groups excluding carboxylic acids is 1. The summed E-state index contributed by atoms with van der Waals surface area (Å²) in [5, 5.41) is 3.18. The Morgan fingerprint density at radius 3 is 2.88 bits per heavy atom. The van der Waals surface area contributed by atoms with Crippen LogP contribution in [0.25, 0.3) is 0 Å². The predicted molar refractivity (Wildman–Crippen MR) is 54.2 cm³/mol. The smallest absolute Gasteiger partial charge is 0.377 e. The molecule has 16 heavy (non-hydrogen) atoms. The standard InChI is InChI=1S/C11H17F2NO2/c1-2-3-7-4-9(7)14-6-8-5-11(12,13)10(15)16-8/h7-9,14H,2-6H2,1H3. The van der Waals surface area contributed by atoms with Gasteiger partial charge in [-0.15, -0.1) is 0 Å². The molecular weight excluding hydrogens is 216 g/mol. The van der Waals surface area contributed by atoms with Crippen molar-refractivity contribution in [1.82, 2.24) is 5.32 Å². The topological polar surface area (TPSA) is 38.3 Å². The first kappa shape index (κ1) is 11.8. The number of rotatable bonds is 5. The van der Waals surface area contributed by atoms with E-state index in [1.54, 1.807) is 0 Å². The van der Waals surface area contributed by atoms with Crippen molar-refractivity contribution in [3.63, 3.8) is 0 Å². The lowest BCUT2D eigenvalue weighted by molar-refractivity contribution is -0.159. The van der Waals surface area contributed by atoms with Crippen molar-refractivity contribution in [2.24, 2.45) is 5.92 Å². The molecule has 0 aromatic rings. The SMILES string of the molecule is CCCC1CC1NCC1CC(F)(F)C(=O)O1. The van der Waals surface area contributed by atoms with Crippen molar-refractivity contribution in [2.45, 2.75) is 50.7 Å². The van der Waals surface area contributed by atoms with E-state index in [1.165, 1.54) is 6.42 Å². The van der Waals surface area contributed by atoms with Crippen molar-refractivity contribution < 1.29 is 18.3 Å². The highest BCUT2D eigenvalue weighted by Gasteiger charge is 2.51. The van der Waals surface area contributed by atoms with E-state index in [0.29, 0.717) is 18.5 Å². The number of hydrogen-bond acceptors (Lipinski definition) is 3. The average Bonchev–Trinajstić information content (AvgIpc) is 2.87. The van der Waals surface area contributed by atoms with E-state index in [0.717, 1.165) is 12.8 Å². The summed E-state index contributed by atoms with van der Waals surface area (Å²) >= 11 is 0. The van der Waals surface area contributed by atoms with Crippen molar-refractivity contribution >= 4 is 5.97 Å². The second kappa shape index (κ2) is 4.28. The molecule has 1 saturated carbocycles. The van der Waals surface area contributed by atoms with Crippen LogP contribution in [0.5, 0.6) is 0 Å². The van der Waals surface area contributed by atoms with Gasteiger partial charge in [0, 0.05) is 12.6 Å². The molecule has 0 aromatic carbocycles. The molecule has 1 heterocycles. The van der Waals surface area contributed by atoms with E-state index in [-0.39, 0.29) is 0 Å². The van der Waals surface area contributed by atoms with Gasteiger partial charge in [-0.2, -0.15) is 8.78 Å². The maximum absolute atomic E-state index is 12.8. The van der Waals surface area contributed by atoms with Crippen LogP contribution in [0, 0.1) is 5.92 Å². The summed E-state index contributed by atoms with van der Waals surface area (Å²) < 4.78 is 30.2. The van der Waals surface area contributed by atoms with Crippen LogP contribution < -0.4 is 5.32 Å². The summed E-state index contributed by atoms with van der Waals surface area (Å²) in [5.74, 6) is -3.97. The highest BCUT2D eigenvalue weighted by molar-refractivity contribution is 5.79. The zero-order valence-corrected chi connectivity index (χ0v) is 9.34. The number of cyclic esters (lactones) is 1. The van der Waals surface area contributed by atoms with Gasteiger partial charge in [0.25, 0.3) is 0 Å². The largest absolute Gasteiger partial charge is 0.456 e. The third kappa shape index (κ3) is 2.51. The van der Waals surface area contributed by atoms with E-state index in [4.69, 9.17) is 0 Å². The number of ether oxygens (including phenoxy) is 1. The zero-order valence-electron chi connectivity index (χ0n) is 9.34. The van der Waals surface area contributed by atoms with Crippen LogP contribution in [0.3, 0.4) is 0 Å². The molecule has 0 aromatic heterocycles. The van der Waals surface area contributed by atoms with Crippen molar-refractivity contribution in [2.75, 3.05) is 6.54 Å². The number of halogens is 2. The molecular formula is C11H17F2NO2. The van der Waals surface area contributed by atoms with Gasteiger partial charge < -0.3 is 10.1 Å². The van der Waals surface area contributed by atoms with Crippen LogP contribution in [-0.2, 0) is 9.53 Å². The molecule has 3 unspecified atom stereocenters. The van der Waals surface area contributed by atoms with Gasteiger partial charge in [-0.05, 0) is 18.8 Å². The van der Waals surface area contributed by atoms with Gasteiger partial charge in [0.2, 0.25) is 0 Å². The second-order valence-electron chi connectivity index (χ2n) is 4.74. The van der Waals surface area contributed by atoms with Crippen molar-refractivity contribution in [1.29, 1.82) is 0 Å². The molecule has 0 bridgehead atoms. The fourth-order valence-corrected chi connectivity index (χ4v) is 2.23. The van der Waals surface area contributed by atoms with Crippen LogP contribution in [-0.4, -0.2) is 30.6 Å². The van der Waals surface area contributed by atoms with E-state index >= 15 is 0 Å². The number of esters is 1. The molecule has 2 fully saturated rings. The molecule has 3 nitrogen and oxygen atoms in total. The van der Waals surface area contributed by atoms with Crippen LogP contribution in [0.4, 0.5) is 8.78 Å². The maximum Gasteiger partial charge on any atom is 0.377 e. The van der Waals surface area contributed by atoms with Crippen molar-refractivity contribution in [3.8, 4) is 0 Å². The summed E-state index contributed by atoms with van der Waals surface area (Å²) in [4.78, 5) is 10.7. The zero-order chi connectivity index (χ0) is 11.8. The number of hydrogen-bond donors (Lipinski definition) is 1.